The number of hydrogen-bond donors (Lipinski definition) is 1. The molecule has 19 heavy (non-hydrogen) atoms. The van der Waals surface area contributed by atoms with Crippen molar-refractivity contribution >= 4 is 6.03 Å². The Morgan fingerprint density at radius 3 is 2.37 bits per heavy atom. The molecule has 1 fully saturated rings. The maximum Gasteiger partial charge on any atom is 0.317 e. The summed E-state index contributed by atoms with van der Waals surface area (Å²) in [6.07, 6.45) is 0. The van der Waals surface area contributed by atoms with Crippen LogP contribution in [0.4, 0.5) is 4.79 Å². The van der Waals surface area contributed by atoms with Crippen molar-refractivity contribution in [1.82, 2.24) is 15.1 Å². The lowest BCUT2D eigenvalue weighted by atomic mass is 10.1. The van der Waals surface area contributed by atoms with Gasteiger partial charge in [-0.05, 0) is 19.0 Å². The van der Waals surface area contributed by atoms with E-state index in [1.165, 1.54) is 5.56 Å². The first-order valence-electron chi connectivity index (χ1n) is 6.99. The molecule has 1 aromatic rings. The Balaban J connectivity index is 1.77. The fourth-order valence-corrected chi connectivity index (χ4v) is 2.26. The summed E-state index contributed by atoms with van der Waals surface area (Å²) in [5, 5.41) is 2.99. The fraction of sp³-hybridized carbons (Fsp3) is 0.533. The first-order chi connectivity index (χ1) is 9.19. The van der Waals surface area contributed by atoms with Crippen molar-refractivity contribution in [2.75, 3.05) is 32.7 Å². The number of rotatable bonds is 3. The molecule has 0 saturated carbocycles. The second-order valence-electron chi connectivity index (χ2n) is 5.07. The van der Waals surface area contributed by atoms with Gasteiger partial charge in [0.1, 0.15) is 0 Å². The molecule has 1 N–H and O–H groups in total. The van der Waals surface area contributed by atoms with Crippen LogP contribution >= 0.6 is 0 Å². The molecule has 104 valence electrons. The number of hydrogen-bond acceptors (Lipinski definition) is 2. The summed E-state index contributed by atoms with van der Waals surface area (Å²) in [4.78, 5) is 16.3. The molecular formula is C15H23N3O. The fourth-order valence-electron chi connectivity index (χ4n) is 2.26. The van der Waals surface area contributed by atoms with E-state index < -0.39 is 0 Å². The first-order valence-corrected chi connectivity index (χ1v) is 6.99. The average molecular weight is 261 g/mol. The zero-order chi connectivity index (χ0) is 13.7. The molecule has 1 aliphatic heterocycles. The molecule has 0 atom stereocenters. The molecule has 0 aromatic heterocycles. The van der Waals surface area contributed by atoms with Crippen molar-refractivity contribution in [3.8, 4) is 0 Å². The highest BCUT2D eigenvalue weighted by Gasteiger charge is 2.19. The lowest BCUT2D eigenvalue weighted by Gasteiger charge is -2.34. The van der Waals surface area contributed by atoms with E-state index in [1.807, 2.05) is 4.90 Å². The SMILES string of the molecule is CCN1CCN(C(=O)NCc2ccc(C)cc2)CC1. The highest BCUT2D eigenvalue weighted by Crippen LogP contribution is 2.04. The van der Waals surface area contributed by atoms with E-state index >= 15 is 0 Å². The van der Waals surface area contributed by atoms with Crippen LogP contribution in [-0.2, 0) is 6.54 Å². The zero-order valence-electron chi connectivity index (χ0n) is 11.9. The monoisotopic (exact) mass is 261 g/mol. The van der Waals surface area contributed by atoms with Crippen LogP contribution in [-0.4, -0.2) is 48.6 Å². The van der Waals surface area contributed by atoms with Crippen LogP contribution in [0.1, 0.15) is 18.1 Å². The van der Waals surface area contributed by atoms with Gasteiger partial charge in [0.05, 0.1) is 0 Å². The van der Waals surface area contributed by atoms with Gasteiger partial charge >= 0.3 is 6.03 Å². The second kappa shape index (κ2) is 6.57. The lowest BCUT2D eigenvalue weighted by molar-refractivity contribution is 0.142. The molecule has 0 unspecified atom stereocenters. The molecule has 1 saturated heterocycles. The normalized spacial score (nSPS) is 16.4. The van der Waals surface area contributed by atoms with Crippen molar-refractivity contribution in [2.24, 2.45) is 0 Å². The third-order valence-electron chi connectivity index (χ3n) is 3.67. The molecule has 2 rings (SSSR count). The van der Waals surface area contributed by atoms with Crippen LogP contribution in [0.15, 0.2) is 24.3 Å². The molecule has 0 radical (unpaired) electrons. The number of piperazine rings is 1. The molecular weight excluding hydrogens is 238 g/mol. The van der Waals surface area contributed by atoms with Crippen molar-refractivity contribution in [1.29, 1.82) is 0 Å². The Hall–Kier alpha value is -1.55. The number of nitrogens with one attached hydrogen (secondary N) is 1. The molecule has 0 spiro atoms. The minimum atomic E-state index is 0.0522. The van der Waals surface area contributed by atoms with E-state index in [0.29, 0.717) is 6.54 Å². The number of nitrogens with zero attached hydrogens (tertiary/aromatic N) is 2. The molecule has 1 aliphatic rings. The van der Waals surface area contributed by atoms with Gasteiger partial charge in [-0.2, -0.15) is 0 Å². The summed E-state index contributed by atoms with van der Waals surface area (Å²) in [5.74, 6) is 0. The Morgan fingerprint density at radius 1 is 1.16 bits per heavy atom. The second-order valence-corrected chi connectivity index (χ2v) is 5.07. The number of urea groups is 1. The van der Waals surface area contributed by atoms with E-state index in [0.717, 1.165) is 38.3 Å². The van der Waals surface area contributed by atoms with Gasteiger partial charge in [-0.25, -0.2) is 4.79 Å². The summed E-state index contributed by atoms with van der Waals surface area (Å²) in [6, 6.07) is 8.31. The van der Waals surface area contributed by atoms with Gasteiger partial charge in [0.25, 0.3) is 0 Å². The molecule has 4 nitrogen and oxygen atoms in total. The van der Waals surface area contributed by atoms with Crippen molar-refractivity contribution < 1.29 is 4.79 Å². The van der Waals surface area contributed by atoms with Crippen LogP contribution in [0.2, 0.25) is 0 Å². The summed E-state index contributed by atoms with van der Waals surface area (Å²) in [6.45, 7) is 9.51. The minimum Gasteiger partial charge on any atom is -0.334 e. The Bertz CT molecular complexity index is 408. The summed E-state index contributed by atoms with van der Waals surface area (Å²) in [5.41, 5.74) is 2.39. The van der Waals surface area contributed by atoms with Crippen LogP contribution < -0.4 is 5.32 Å². The Kier molecular flexibility index (Phi) is 4.80. The molecule has 4 heteroatoms. The standard InChI is InChI=1S/C15H23N3O/c1-3-17-8-10-18(11-9-17)15(19)16-12-14-6-4-13(2)5-7-14/h4-7H,3,8-12H2,1-2H3,(H,16,19). The third kappa shape index (κ3) is 3.96. The number of carbonyl (C=O) groups is 1. The van der Waals surface area contributed by atoms with E-state index in [9.17, 15) is 4.79 Å². The number of aryl methyl sites for hydroxylation is 1. The van der Waals surface area contributed by atoms with Gasteiger partial charge in [0.2, 0.25) is 0 Å². The van der Waals surface area contributed by atoms with Crippen molar-refractivity contribution in [3.63, 3.8) is 0 Å². The Morgan fingerprint density at radius 2 is 1.79 bits per heavy atom. The predicted molar refractivity (Wildman–Crippen MR) is 77.1 cm³/mol. The summed E-state index contributed by atoms with van der Waals surface area (Å²) < 4.78 is 0. The molecule has 1 aromatic carbocycles. The largest absolute Gasteiger partial charge is 0.334 e. The summed E-state index contributed by atoms with van der Waals surface area (Å²) in [7, 11) is 0. The molecule has 0 bridgehead atoms. The molecule has 0 aliphatic carbocycles. The van der Waals surface area contributed by atoms with Crippen LogP contribution in [0.5, 0.6) is 0 Å². The van der Waals surface area contributed by atoms with Gasteiger partial charge in [0.15, 0.2) is 0 Å². The van der Waals surface area contributed by atoms with Crippen LogP contribution in [0.25, 0.3) is 0 Å². The Labute approximate surface area is 115 Å². The summed E-state index contributed by atoms with van der Waals surface area (Å²) >= 11 is 0. The van der Waals surface area contributed by atoms with E-state index in [-0.39, 0.29) is 6.03 Å². The average Bonchev–Trinajstić information content (AvgIpc) is 2.46. The maximum absolute atomic E-state index is 12.0. The third-order valence-corrected chi connectivity index (χ3v) is 3.67. The topological polar surface area (TPSA) is 35.6 Å². The molecule has 1 heterocycles. The van der Waals surface area contributed by atoms with Crippen molar-refractivity contribution in [3.05, 3.63) is 35.4 Å². The number of carbonyl (C=O) groups excluding carboxylic acids is 1. The minimum absolute atomic E-state index is 0.0522. The van der Waals surface area contributed by atoms with Crippen LogP contribution in [0.3, 0.4) is 0 Å². The van der Waals surface area contributed by atoms with Gasteiger partial charge in [0, 0.05) is 32.7 Å². The predicted octanol–water partition coefficient (Wildman–Crippen LogP) is 1.84. The van der Waals surface area contributed by atoms with Gasteiger partial charge in [-0.1, -0.05) is 36.8 Å². The lowest BCUT2D eigenvalue weighted by Crippen LogP contribution is -2.51. The number of benzene rings is 1. The van der Waals surface area contributed by atoms with Gasteiger partial charge in [-0.3, -0.25) is 0 Å². The maximum atomic E-state index is 12.0. The highest BCUT2D eigenvalue weighted by molar-refractivity contribution is 5.74. The van der Waals surface area contributed by atoms with Gasteiger partial charge in [-0.15, -0.1) is 0 Å². The zero-order valence-corrected chi connectivity index (χ0v) is 11.9. The smallest absolute Gasteiger partial charge is 0.317 e. The number of amides is 2. The van der Waals surface area contributed by atoms with E-state index in [2.05, 4.69) is 48.3 Å². The van der Waals surface area contributed by atoms with Crippen molar-refractivity contribution in [2.45, 2.75) is 20.4 Å². The quantitative estimate of drug-likeness (QED) is 0.901. The van der Waals surface area contributed by atoms with E-state index in [4.69, 9.17) is 0 Å². The van der Waals surface area contributed by atoms with E-state index in [1.54, 1.807) is 0 Å². The van der Waals surface area contributed by atoms with Gasteiger partial charge < -0.3 is 15.1 Å². The number of likely N-dealkylation sites (N-methyl/N-ethyl adjacent to an activating group) is 1. The highest BCUT2D eigenvalue weighted by atomic mass is 16.2. The van der Waals surface area contributed by atoms with Crippen LogP contribution in [0, 0.1) is 6.92 Å². The first kappa shape index (κ1) is 13.9. The molecule has 2 amide bonds.